The third kappa shape index (κ3) is 8.56. The lowest BCUT2D eigenvalue weighted by Crippen LogP contribution is -2.51. The van der Waals surface area contributed by atoms with Gasteiger partial charge in [0.05, 0.1) is 24.3 Å². The molecule has 0 spiro atoms. The van der Waals surface area contributed by atoms with Crippen LogP contribution < -0.4 is 15.5 Å². The smallest absolute Gasteiger partial charge is 0.375 e. The molecule has 1 heterocycles. The van der Waals surface area contributed by atoms with Gasteiger partial charge in [-0.3, -0.25) is 19.4 Å². The topological polar surface area (TPSA) is 67.9 Å². The summed E-state index contributed by atoms with van der Waals surface area (Å²) in [5, 5.41) is 5.32. The largest absolute Gasteiger partial charge is 0.418 e. The van der Waals surface area contributed by atoms with Gasteiger partial charge in [0.2, 0.25) is 11.8 Å². The molecule has 2 N–H and O–H groups in total. The van der Waals surface area contributed by atoms with Crippen LogP contribution in [0.25, 0.3) is 0 Å². The maximum absolute atomic E-state index is 13.1. The Kier molecular flexibility index (Phi) is 9.50. The number of anilines is 2. The predicted molar refractivity (Wildman–Crippen MR) is 130 cm³/mol. The quantitative estimate of drug-likeness (QED) is 0.501. The standard InChI is InChI=1S/C25H32F3N5O2/c1-31(20-8-3-2-4-9-20)13-7-12-29-23(34)18-32-14-16-33(17-15-32)19-24(35)30-22-11-6-5-10-21(22)25(26,27)28/h2-6,8-11H,7,12-19H2,1H3,(H,29,34)(H,30,35). The summed E-state index contributed by atoms with van der Waals surface area (Å²) in [4.78, 5) is 30.6. The second kappa shape index (κ2) is 12.6. The Labute approximate surface area is 203 Å². The van der Waals surface area contributed by atoms with Crippen LogP contribution in [0.2, 0.25) is 0 Å². The van der Waals surface area contributed by atoms with Crippen LogP contribution in [-0.2, 0) is 15.8 Å². The van der Waals surface area contributed by atoms with Gasteiger partial charge in [-0.1, -0.05) is 30.3 Å². The van der Waals surface area contributed by atoms with Gasteiger partial charge in [0, 0.05) is 52.0 Å². The number of rotatable bonds is 10. The van der Waals surface area contributed by atoms with E-state index >= 15 is 0 Å². The van der Waals surface area contributed by atoms with E-state index in [-0.39, 0.29) is 24.7 Å². The summed E-state index contributed by atoms with van der Waals surface area (Å²) in [7, 11) is 2.02. The number of para-hydroxylation sites is 2. The molecule has 0 aliphatic carbocycles. The lowest BCUT2D eigenvalue weighted by Gasteiger charge is -2.33. The fraction of sp³-hybridized carbons (Fsp3) is 0.440. The molecule has 0 saturated carbocycles. The van der Waals surface area contributed by atoms with E-state index in [0.29, 0.717) is 32.7 Å². The van der Waals surface area contributed by atoms with E-state index < -0.39 is 17.6 Å². The number of nitrogens with one attached hydrogen (secondary N) is 2. The highest BCUT2D eigenvalue weighted by molar-refractivity contribution is 5.93. The molecular formula is C25H32F3N5O2. The maximum Gasteiger partial charge on any atom is 0.418 e. The molecule has 1 aliphatic rings. The van der Waals surface area contributed by atoms with Crippen molar-refractivity contribution < 1.29 is 22.8 Å². The van der Waals surface area contributed by atoms with Crippen molar-refractivity contribution in [2.75, 3.05) is 69.6 Å². The zero-order valence-electron chi connectivity index (χ0n) is 19.9. The van der Waals surface area contributed by atoms with E-state index in [1.807, 2.05) is 47.2 Å². The number of hydrogen-bond acceptors (Lipinski definition) is 5. The number of benzene rings is 2. The molecule has 2 aromatic rings. The fourth-order valence-corrected chi connectivity index (χ4v) is 3.95. The van der Waals surface area contributed by atoms with Crippen molar-refractivity contribution >= 4 is 23.2 Å². The van der Waals surface area contributed by atoms with Gasteiger partial charge in [0.15, 0.2) is 0 Å². The minimum atomic E-state index is -4.53. The zero-order valence-corrected chi connectivity index (χ0v) is 19.9. The van der Waals surface area contributed by atoms with Gasteiger partial charge in [0.25, 0.3) is 0 Å². The van der Waals surface area contributed by atoms with E-state index in [0.717, 1.165) is 24.7 Å². The molecule has 0 unspecified atom stereocenters. The number of nitrogens with zero attached hydrogens (tertiary/aromatic N) is 3. The number of piperazine rings is 1. The van der Waals surface area contributed by atoms with Crippen LogP contribution >= 0.6 is 0 Å². The Bertz CT molecular complexity index is 963. The molecule has 0 aromatic heterocycles. The van der Waals surface area contributed by atoms with Crippen molar-refractivity contribution in [2.45, 2.75) is 12.6 Å². The number of carbonyl (C=O) groups excluding carboxylic acids is 2. The third-order valence-corrected chi connectivity index (χ3v) is 5.90. The first kappa shape index (κ1) is 26.5. The average Bonchev–Trinajstić information content (AvgIpc) is 2.83. The first-order valence-corrected chi connectivity index (χ1v) is 11.7. The Balaban J connectivity index is 1.32. The monoisotopic (exact) mass is 491 g/mol. The van der Waals surface area contributed by atoms with E-state index in [4.69, 9.17) is 0 Å². The van der Waals surface area contributed by atoms with Crippen molar-refractivity contribution in [3.05, 3.63) is 60.2 Å². The summed E-state index contributed by atoms with van der Waals surface area (Å²) in [6.45, 7) is 4.04. The maximum atomic E-state index is 13.1. The predicted octanol–water partition coefficient (Wildman–Crippen LogP) is 2.90. The van der Waals surface area contributed by atoms with Crippen molar-refractivity contribution in [2.24, 2.45) is 0 Å². The number of halogens is 3. The molecule has 0 atom stereocenters. The lowest BCUT2D eigenvalue weighted by molar-refractivity contribution is -0.137. The minimum absolute atomic E-state index is 0.00115. The molecule has 1 fully saturated rings. The Morgan fingerprint density at radius 3 is 2.09 bits per heavy atom. The summed E-state index contributed by atoms with van der Waals surface area (Å²) in [6, 6.07) is 15.0. The molecule has 190 valence electrons. The second-order valence-electron chi connectivity index (χ2n) is 8.60. The molecule has 1 aliphatic heterocycles. The molecule has 1 saturated heterocycles. The number of amides is 2. The molecule has 2 aromatic carbocycles. The van der Waals surface area contributed by atoms with Crippen LogP contribution in [0.5, 0.6) is 0 Å². The van der Waals surface area contributed by atoms with Crippen molar-refractivity contribution in [1.29, 1.82) is 0 Å². The van der Waals surface area contributed by atoms with Crippen molar-refractivity contribution in [3.63, 3.8) is 0 Å². The minimum Gasteiger partial charge on any atom is -0.375 e. The third-order valence-electron chi connectivity index (χ3n) is 5.90. The van der Waals surface area contributed by atoms with Gasteiger partial charge >= 0.3 is 6.18 Å². The summed E-state index contributed by atoms with van der Waals surface area (Å²) >= 11 is 0. The van der Waals surface area contributed by atoms with Gasteiger partial charge in [-0.15, -0.1) is 0 Å². The van der Waals surface area contributed by atoms with Crippen LogP contribution in [0, 0.1) is 0 Å². The molecule has 35 heavy (non-hydrogen) atoms. The molecule has 7 nitrogen and oxygen atoms in total. The summed E-state index contributed by atoms with van der Waals surface area (Å²) in [6.07, 6.45) is -3.70. The van der Waals surface area contributed by atoms with Crippen molar-refractivity contribution in [3.8, 4) is 0 Å². The Morgan fingerprint density at radius 1 is 0.886 bits per heavy atom. The summed E-state index contributed by atoms with van der Waals surface area (Å²) in [5.74, 6) is -0.532. The van der Waals surface area contributed by atoms with Crippen molar-refractivity contribution in [1.82, 2.24) is 15.1 Å². The molecule has 0 bridgehead atoms. The molecule has 2 amide bonds. The molecule has 0 radical (unpaired) electrons. The highest BCUT2D eigenvalue weighted by atomic mass is 19.4. The van der Waals surface area contributed by atoms with Gasteiger partial charge in [-0.05, 0) is 30.7 Å². The Hall–Kier alpha value is -3.11. The first-order valence-electron chi connectivity index (χ1n) is 11.7. The SMILES string of the molecule is CN(CCCNC(=O)CN1CCN(CC(=O)Nc2ccccc2C(F)(F)F)CC1)c1ccccc1. The average molecular weight is 492 g/mol. The van der Waals surface area contributed by atoms with Crippen LogP contribution in [-0.4, -0.2) is 81.0 Å². The van der Waals surface area contributed by atoms with E-state index in [1.165, 1.54) is 18.2 Å². The van der Waals surface area contributed by atoms with E-state index in [1.54, 1.807) is 0 Å². The van der Waals surface area contributed by atoms with E-state index in [2.05, 4.69) is 15.5 Å². The molecule has 3 rings (SSSR count). The number of alkyl halides is 3. The highest BCUT2D eigenvalue weighted by Gasteiger charge is 2.33. The second-order valence-corrected chi connectivity index (χ2v) is 8.60. The molecular weight excluding hydrogens is 459 g/mol. The van der Waals surface area contributed by atoms with Crippen LogP contribution in [0.3, 0.4) is 0 Å². The first-order chi connectivity index (χ1) is 16.7. The van der Waals surface area contributed by atoms with Crippen LogP contribution in [0.1, 0.15) is 12.0 Å². The highest BCUT2D eigenvalue weighted by Crippen LogP contribution is 2.34. The lowest BCUT2D eigenvalue weighted by atomic mass is 10.1. The normalized spacial score (nSPS) is 15.0. The number of carbonyl (C=O) groups is 2. The van der Waals surface area contributed by atoms with Crippen LogP contribution in [0.4, 0.5) is 24.5 Å². The fourth-order valence-electron chi connectivity index (χ4n) is 3.95. The zero-order chi connectivity index (χ0) is 25.3. The summed E-state index contributed by atoms with van der Waals surface area (Å²) in [5.41, 5.74) is 0.0288. The molecule has 10 heteroatoms. The summed E-state index contributed by atoms with van der Waals surface area (Å²) < 4.78 is 39.3. The van der Waals surface area contributed by atoms with Gasteiger partial charge in [0.1, 0.15) is 0 Å². The van der Waals surface area contributed by atoms with Gasteiger partial charge < -0.3 is 15.5 Å². The Morgan fingerprint density at radius 2 is 1.46 bits per heavy atom. The van der Waals surface area contributed by atoms with Crippen LogP contribution in [0.15, 0.2) is 54.6 Å². The van der Waals surface area contributed by atoms with E-state index in [9.17, 15) is 22.8 Å². The number of hydrogen-bond donors (Lipinski definition) is 2. The van der Waals surface area contributed by atoms with Gasteiger partial charge in [-0.25, -0.2) is 0 Å². The van der Waals surface area contributed by atoms with Gasteiger partial charge in [-0.2, -0.15) is 13.2 Å².